The zero-order valence-electron chi connectivity index (χ0n) is 17.0. The van der Waals surface area contributed by atoms with Crippen molar-refractivity contribution in [3.05, 3.63) is 57.9 Å². The maximum Gasteiger partial charge on any atom is 0.247 e. The molecule has 7 heteroatoms. The van der Waals surface area contributed by atoms with E-state index in [0.29, 0.717) is 35.1 Å². The van der Waals surface area contributed by atoms with Crippen molar-refractivity contribution < 1.29 is 14.3 Å². The minimum Gasteiger partial charge on any atom is -0.496 e. The lowest BCUT2D eigenvalue weighted by Crippen LogP contribution is -2.29. The molecule has 0 saturated heterocycles. The van der Waals surface area contributed by atoms with Gasteiger partial charge in [-0.2, -0.15) is 5.26 Å². The van der Waals surface area contributed by atoms with E-state index >= 15 is 0 Å². The van der Waals surface area contributed by atoms with Gasteiger partial charge in [-0.05, 0) is 38.0 Å². The minimum absolute atomic E-state index is 0.413. The second kappa shape index (κ2) is 8.23. The lowest BCUT2D eigenvalue weighted by Gasteiger charge is -2.32. The van der Waals surface area contributed by atoms with Crippen molar-refractivity contribution in [2.45, 2.75) is 33.1 Å². The van der Waals surface area contributed by atoms with E-state index in [1.807, 2.05) is 20.8 Å². The molecule has 0 bridgehead atoms. The van der Waals surface area contributed by atoms with Crippen LogP contribution >= 0.6 is 0 Å². The van der Waals surface area contributed by atoms with Gasteiger partial charge in [-0.3, -0.25) is 4.79 Å². The van der Waals surface area contributed by atoms with Crippen LogP contribution in [0.15, 0.2) is 35.7 Å². The number of fused-ring (bicyclic) bond motifs is 1. The van der Waals surface area contributed by atoms with Gasteiger partial charge < -0.3 is 20.5 Å². The molecule has 1 amide bonds. The highest BCUT2D eigenvalue weighted by Crippen LogP contribution is 2.49. The van der Waals surface area contributed by atoms with E-state index in [4.69, 9.17) is 15.2 Å². The number of carbonyl (C=O) groups excluding carboxylic acids is 1. The number of hydrogen-bond acceptors (Lipinski definition) is 6. The lowest BCUT2D eigenvalue weighted by molar-refractivity contribution is -0.114. The summed E-state index contributed by atoms with van der Waals surface area (Å²) in [7, 11) is 1.53. The predicted octanol–water partition coefficient (Wildman–Crippen LogP) is 3.24. The van der Waals surface area contributed by atoms with Crippen LogP contribution in [0, 0.1) is 11.3 Å². The maximum atomic E-state index is 12.5. The van der Waals surface area contributed by atoms with E-state index in [0.717, 1.165) is 28.8 Å². The number of ether oxygens (including phenoxy) is 2. The summed E-state index contributed by atoms with van der Waals surface area (Å²) in [5, 5.41) is 12.6. The normalized spacial score (nSPS) is 15.2. The van der Waals surface area contributed by atoms with Crippen molar-refractivity contribution in [2.75, 3.05) is 19.0 Å². The molecule has 2 heterocycles. The van der Waals surface area contributed by atoms with Crippen LogP contribution in [0.3, 0.4) is 0 Å². The van der Waals surface area contributed by atoms with E-state index in [9.17, 15) is 10.1 Å². The third kappa shape index (κ3) is 3.49. The van der Waals surface area contributed by atoms with Gasteiger partial charge in [0.2, 0.25) is 11.8 Å². The third-order valence-corrected chi connectivity index (χ3v) is 5.05. The Hall–Kier alpha value is -3.53. The topological polar surface area (TPSA) is 110 Å². The van der Waals surface area contributed by atoms with Crippen LogP contribution in [0.25, 0.3) is 0 Å². The molecule has 3 rings (SSSR count). The van der Waals surface area contributed by atoms with E-state index < -0.39 is 11.8 Å². The SMILES string of the molecule is CCOc1ncc(CC)c2c1[C@H](c1ccc(C#N)cc1OC)C(C(N)=O)=C(C)N2. The van der Waals surface area contributed by atoms with Crippen LogP contribution in [0.5, 0.6) is 11.6 Å². The summed E-state index contributed by atoms with van der Waals surface area (Å²) >= 11 is 0. The van der Waals surface area contributed by atoms with E-state index in [2.05, 4.69) is 16.4 Å². The Bertz CT molecular complexity index is 1040. The summed E-state index contributed by atoms with van der Waals surface area (Å²) in [5.74, 6) is -0.138. The fourth-order valence-corrected chi connectivity index (χ4v) is 3.76. The molecule has 1 aliphatic heterocycles. The number of allylic oxidation sites excluding steroid dienone is 1. The first kappa shape index (κ1) is 20.2. The second-order valence-corrected chi connectivity index (χ2v) is 6.69. The quantitative estimate of drug-likeness (QED) is 0.781. The van der Waals surface area contributed by atoms with Crippen LogP contribution in [0.4, 0.5) is 5.69 Å². The number of nitriles is 1. The molecule has 1 aromatic carbocycles. The van der Waals surface area contributed by atoms with Crippen molar-refractivity contribution >= 4 is 11.6 Å². The van der Waals surface area contributed by atoms with Crippen molar-refractivity contribution in [3.8, 4) is 17.7 Å². The fourth-order valence-electron chi connectivity index (χ4n) is 3.76. The average Bonchev–Trinajstić information content (AvgIpc) is 2.72. The van der Waals surface area contributed by atoms with Crippen LogP contribution in [0.2, 0.25) is 0 Å². The monoisotopic (exact) mass is 392 g/mol. The van der Waals surface area contributed by atoms with Gasteiger partial charge in [-0.15, -0.1) is 0 Å². The molecule has 1 atom stereocenters. The van der Waals surface area contributed by atoms with Gasteiger partial charge in [0, 0.05) is 23.0 Å². The molecule has 0 aliphatic carbocycles. The van der Waals surface area contributed by atoms with Gasteiger partial charge in [-0.1, -0.05) is 13.0 Å². The molecule has 0 unspecified atom stereocenters. The van der Waals surface area contributed by atoms with Gasteiger partial charge >= 0.3 is 0 Å². The largest absolute Gasteiger partial charge is 0.496 e. The number of anilines is 1. The number of methoxy groups -OCH3 is 1. The van der Waals surface area contributed by atoms with Crippen LogP contribution in [-0.2, 0) is 11.2 Å². The zero-order valence-corrected chi connectivity index (χ0v) is 17.0. The molecule has 29 heavy (non-hydrogen) atoms. The molecule has 0 spiro atoms. The van der Waals surface area contributed by atoms with Gasteiger partial charge in [-0.25, -0.2) is 4.98 Å². The van der Waals surface area contributed by atoms with E-state index in [-0.39, 0.29) is 0 Å². The summed E-state index contributed by atoms with van der Waals surface area (Å²) in [6, 6.07) is 7.26. The summed E-state index contributed by atoms with van der Waals surface area (Å²) in [6.07, 6.45) is 2.54. The van der Waals surface area contributed by atoms with Gasteiger partial charge in [0.05, 0.1) is 42.5 Å². The average molecular weight is 392 g/mol. The highest BCUT2D eigenvalue weighted by Gasteiger charge is 2.37. The standard InChI is InChI=1S/C22H24N4O3/c1-5-14-11-25-22(29-6-2)19-18(17(21(24)27)12(3)26-20(14)19)15-8-7-13(10-23)9-16(15)28-4/h7-9,11,18,26H,5-6H2,1-4H3,(H2,24,27)/t18-/m1/s1. The smallest absolute Gasteiger partial charge is 0.247 e. The molecule has 150 valence electrons. The molecule has 3 N–H and O–H groups in total. The molecular formula is C22H24N4O3. The number of carbonyl (C=O) groups is 1. The number of nitrogens with zero attached hydrogens (tertiary/aromatic N) is 2. The first-order valence-electron chi connectivity index (χ1n) is 9.46. The highest BCUT2D eigenvalue weighted by atomic mass is 16.5. The van der Waals surface area contributed by atoms with Crippen molar-refractivity contribution in [1.29, 1.82) is 5.26 Å². The first-order chi connectivity index (χ1) is 14.0. The number of aromatic nitrogens is 1. The number of nitrogens with two attached hydrogens (primary N) is 1. The Morgan fingerprint density at radius 2 is 2.14 bits per heavy atom. The molecule has 0 fully saturated rings. The van der Waals surface area contributed by atoms with E-state index in [1.165, 1.54) is 7.11 Å². The van der Waals surface area contributed by atoms with Gasteiger partial charge in [0.1, 0.15) is 5.75 Å². The summed E-state index contributed by atoms with van der Waals surface area (Å²) < 4.78 is 11.4. The molecule has 2 aromatic rings. The Labute approximate surface area is 170 Å². The Balaban J connectivity index is 2.38. The Morgan fingerprint density at radius 3 is 2.72 bits per heavy atom. The lowest BCUT2D eigenvalue weighted by atomic mass is 9.79. The number of rotatable bonds is 6. The minimum atomic E-state index is -0.540. The summed E-state index contributed by atoms with van der Waals surface area (Å²) in [4.78, 5) is 17.0. The highest BCUT2D eigenvalue weighted by molar-refractivity contribution is 5.98. The number of amides is 1. The number of aryl methyl sites for hydroxylation is 1. The zero-order chi connectivity index (χ0) is 21.1. The molecule has 1 aromatic heterocycles. The van der Waals surface area contributed by atoms with Crippen molar-refractivity contribution in [2.24, 2.45) is 5.73 Å². The van der Waals surface area contributed by atoms with Crippen molar-refractivity contribution in [3.63, 3.8) is 0 Å². The molecule has 0 radical (unpaired) electrons. The predicted molar refractivity (Wildman–Crippen MR) is 110 cm³/mol. The maximum absolute atomic E-state index is 12.5. The van der Waals surface area contributed by atoms with Gasteiger partial charge in [0.25, 0.3) is 0 Å². The number of pyridine rings is 1. The fraction of sp³-hybridized carbons (Fsp3) is 0.318. The molecule has 0 saturated carbocycles. The summed E-state index contributed by atoms with van der Waals surface area (Å²) in [6.45, 7) is 6.17. The number of benzene rings is 1. The molecule has 7 nitrogen and oxygen atoms in total. The molecular weight excluding hydrogens is 368 g/mol. The van der Waals surface area contributed by atoms with Crippen LogP contribution < -0.4 is 20.5 Å². The Kier molecular flexibility index (Phi) is 5.74. The van der Waals surface area contributed by atoms with E-state index in [1.54, 1.807) is 24.4 Å². The first-order valence-corrected chi connectivity index (χ1v) is 9.46. The number of hydrogen-bond donors (Lipinski definition) is 2. The third-order valence-electron chi connectivity index (χ3n) is 5.05. The van der Waals surface area contributed by atoms with Crippen molar-refractivity contribution in [1.82, 2.24) is 4.98 Å². The van der Waals surface area contributed by atoms with Gasteiger partial charge in [0.15, 0.2) is 0 Å². The summed E-state index contributed by atoms with van der Waals surface area (Å²) in [5.41, 5.74) is 10.7. The van der Waals surface area contributed by atoms with Crippen LogP contribution in [0.1, 0.15) is 48.9 Å². The molecule has 1 aliphatic rings. The number of primary amides is 1. The Morgan fingerprint density at radius 1 is 1.38 bits per heavy atom. The number of nitrogens with one attached hydrogen (secondary N) is 1. The van der Waals surface area contributed by atoms with Crippen LogP contribution in [-0.4, -0.2) is 24.6 Å². The second-order valence-electron chi connectivity index (χ2n) is 6.69.